The number of hydrogen-bond donors (Lipinski definition) is 1. The van der Waals surface area contributed by atoms with Gasteiger partial charge in [0.15, 0.2) is 0 Å². The standard InChI is InChI=1S/C15H22O/c1-10(2)13-8-15(16,9-13)14-7-5-6-11(3)12(14)4/h5-7,10,13,16H,8-9H2,1-4H3. The fourth-order valence-electron chi connectivity index (χ4n) is 2.75. The topological polar surface area (TPSA) is 20.2 Å². The van der Waals surface area contributed by atoms with Gasteiger partial charge in [0, 0.05) is 0 Å². The van der Waals surface area contributed by atoms with Gasteiger partial charge in [-0.3, -0.25) is 0 Å². The van der Waals surface area contributed by atoms with Gasteiger partial charge in [-0.15, -0.1) is 0 Å². The molecule has 0 atom stereocenters. The summed E-state index contributed by atoms with van der Waals surface area (Å²) >= 11 is 0. The van der Waals surface area contributed by atoms with Gasteiger partial charge in [0.05, 0.1) is 5.60 Å². The van der Waals surface area contributed by atoms with Crippen LogP contribution in [0.25, 0.3) is 0 Å². The van der Waals surface area contributed by atoms with E-state index in [-0.39, 0.29) is 0 Å². The first-order valence-corrected chi connectivity index (χ1v) is 6.23. The van der Waals surface area contributed by atoms with Crippen molar-refractivity contribution in [1.29, 1.82) is 0 Å². The molecule has 0 aliphatic heterocycles. The normalized spacial score (nSPS) is 29.2. The van der Waals surface area contributed by atoms with E-state index < -0.39 is 5.60 Å². The molecule has 0 spiro atoms. The van der Waals surface area contributed by atoms with Gasteiger partial charge >= 0.3 is 0 Å². The third-order valence-electron chi connectivity index (χ3n) is 4.25. The molecular formula is C15H22O. The Labute approximate surface area is 98.5 Å². The third-order valence-corrected chi connectivity index (χ3v) is 4.25. The zero-order valence-corrected chi connectivity index (χ0v) is 10.7. The Bertz CT molecular complexity index is 386. The molecule has 0 saturated heterocycles. The highest BCUT2D eigenvalue weighted by Gasteiger charge is 2.45. The first kappa shape index (κ1) is 11.7. The second-order valence-corrected chi connectivity index (χ2v) is 5.69. The maximum Gasteiger partial charge on any atom is 0.0904 e. The van der Waals surface area contributed by atoms with E-state index in [4.69, 9.17) is 0 Å². The molecule has 1 N–H and O–H groups in total. The average Bonchev–Trinajstić information content (AvgIpc) is 2.17. The van der Waals surface area contributed by atoms with E-state index in [1.54, 1.807) is 0 Å². The minimum Gasteiger partial charge on any atom is -0.385 e. The maximum atomic E-state index is 10.6. The highest BCUT2D eigenvalue weighted by molar-refractivity contribution is 5.38. The molecule has 0 unspecified atom stereocenters. The summed E-state index contributed by atoms with van der Waals surface area (Å²) in [6, 6.07) is 6.25. The van der Waals surface area contributed by atoms with Crippen LogP contribution in [0.15, 0.2) is 18.2 Å². The van der Waals surface area contributed by atoms with Gasteiger partial charge in [0.1, 0.15) is 0 Å². The lowest BCUT2D eigenvalue weighted by molar-refractivity contribution is -0.0938. The molecule has 0 heterocycles. The predicted octanol–water partition coefficient (Wildman–Crippen LogP) is 3.56. The minimum atomic E-state index is -0.551. The van der Waals surface area contributed by atoms with Crippen molar-refractivity contribution < 1.29 is 5.11 Å². The number of hydrogen-bond acceptors (Lipinski definition) is 1. The van der Waals surface area contributed by atoms with Crippen LogP contribution < -0.4 is 0 Å². The van der Waals surface area contributed by atoms with E-state index >= 15 is 0 Å². The first-order chi connectivity index (χ1) is 7.44. The molecule has 0 aromatic heterocycles. The van der Waals surface area contributed by atoms with E-state index in [2.05, 4.69) is 45.9 Å². The summed E-state index contributed by atoms with van der Waals surface area (Å²) in [5, 5.41) is 10.6. The lowest BCUT2D eigenvalue weighted by atomic mass is 9.62. The summed E-state index contributed by atoms with van der Waals surface area (Å²) in [6.45, 7) is 8.72. The lowest BCUT2D eigenvalue weighted by Gasteiger charge is -2.47. The zero-order valence-electron chi connectivity index (χ0n) is 10.7. The van der Waals surface area contributed by atoms with Crippen LogP contribution in [0.1, 0.15) is 43.4 Å². The van der Waals surface area contributed by atoms with Crippen LogP contribution in [-0.4, -0.2) is 5.11 Å². The van der Waals surface area contributed by atoms with Crippen molar-refractivity contribution >= 4 is 0 Å². The second kappa shape index (κ2) is 3.89. The molecule has 1 heteroatoms. The van der Waals surface area contributed by atoms with E-state index in [0.29, 0.717) is 11.8 Å². The molecule has 1 saturated carbocycles. The highest BCUT2D eigenvalue weighted by atomic mass is 16.3. The highest BCUT2D eigenvalue weighted by Crippen LogP contribution is 2.49. The third kappa shape index (κ3) is 1.78. The van der Waals surface area contributed by atoms with E-state index in [9.17, 15) is 5.11 Å². The monoisotopic (exact) mass is 218 g/mol. The van der Waals surface area contributed by atoms with Crippen molar-refractivity contribution in [3.05, 3.63) is 34.9 Å². The fourth-order valence-corrected chi connectivity index (χ4v) is 2.75. The molecule has 0 radical (unpaired) electrons. The van der Waals surface area contributed by atoms with Crippen molar-refractivity contribution in [3.8, 4) is 0 Å². The average molecular weight is 218 g/mol. The van der Waals surface area contributed by atoms with E-state index in [1.165, 1.54) is 11.1 Å². The first-order valence-electron chi connectivity index (χ1n) is 6.23. The Balaban J connectivity index is 2.23. The van der Waals surface area contributed by atoms with Crippen molar-refractivity contribution in [1.82, 2.24) is 0 Å². The summed E-state index contributed by atoms with van der Waals surface area (Å²) in [5.41, 5.74) is 3.13. The Morgan fingerprint density at radius 3 is 2.44 bits per heavy atom. The van der Waals surface area contributed by atoms with Crippen LogP contribution in [0.4, 0.5) is 0 Å². The molecule has 2 rings (SSSR count). The Hall–Kier alpha value is -0.820. The summed E-state index contributed by atoms with van der Waals surface area (Å²) < 4.78 is 0. The van der Waals surface area contributed by atoms with Gasteiger partial charge in [-0.2, -0.15) is 0 Å². The Morgan fingerprint density at radius 2 is 1.88 bits per heavy atom. The summed E-state index contributed by atoms with van der Waals surface area (Å²) in [6.07, 6.45) is 1.85. The van der Waals surface area contributed by atoms with Gasteiger partial charge in [0.2, 0.25) is 0 Å². The van der Waals surface area contributed by atoms with Crippen molar-refractivity contribution in [3.63, 3.8) is 0 Å². The van der Waals surface area contributed by atoms with E-state index in [1.807, 2.05) is 0 Å². The van der Waals surface area contributed by atoms with E-state index in [0.717, 1.165) is 18.4 Å². The molecule has 1 aromatic rings. The number of rotatable bonds is 2. The number of aliphatic hydroxyl groups is 1. The zero-order chi connectivity index (χ0) is 11.9. The van der Waals surface area contributed by atoms with Crippen LogP contribution in [0.5, 0.6) is 0 Å². The molecule has 1 aliphatic rings. The second-order valence-electron chi connectivity index (χ2n) is 5.69. The van der Waals surface area contributed by atoms with Gasteiger partial charge in [0.25, 0.3) is 0 Å². The largest absolute Gasteiger partial charge is 0.385 e. The summed E-state index contributed by atoms with van der Waals surface area (Å²) in [5.74, 6) is 1.37. The van der Waals surface area contributed by atoms with Gasteiger partial charge in [-0.1, -0.05) is 32.0 Å². The quantitative estimate of drug-likeness (QED) is 0.804. The smallest absolute Gasteiger partial charge is 0.0904 e. The molecule has 1 aliphatic carbocycles. The Kier molecular flexibility index (Phi) is 2.83. The number of benzene rings is 1. The number of aryl methyl sites for hydroxylation is 1. The SMILES string of the molecule is Cc1cccc(C2(O)CC(C(C)C)C2)c1C. The van der Waals surface area contributed by atoms with Crippen molar-refractivity contribution in [2.45, 2.75) is 46.1 Å². The molecule has 16 heavy (non-hydrogen) atoms. The van der Waals surface area contributed by atoms with Crippen LogP contribution >= 0.6 is 0 Å². The Morgan fingerprint density at radius 1 is 1.25 bits per heavy atom. The van der Waals surface area contributed by atoms with Gasteiger partial charge in [-0.25, -0.2) is 0 Å². The van der Waals surface area contributed by atoms with Gasteiger partial charge < -0.3 is 5.11 Å². The summed E-state index contributed by atoms with van der Waals surface area (Å²) in [7, 11) is 0. The molecular weight excluding hydrogens is 196 g/mol. The molecule has 1 nitrogen and oxygen atoms in total. The maximum absolute atomic E-state index is 10.6. The molecule has 1 aromatic carbocycles. The predicted molar refractivity (Wildman–Crippen MR) is 67.4 cm³/mol. The van der Waals surface area contributed by atoms with Gasteiger partial charge in [-0.05, 0) is 55.2 Å². The molecule has 0 amide bonds. The van der Waals surface area contributed by atoms with Crippen molar-refractivity contribution in [2.75, 3.05) is 0 Å². The van der Waals surface area contributed by atoms with Crippen LogP contribution in [0, 0.1) is 25.7 Å². The molecule has 0 bridgehead atoms. The van der Waals surface area contributed by atoms with Crippen molar-refractivity contribution in [2.24, 2.45) is 11.8 Å². The minimum absolute atomic E-state index is 0.551. The summed E-state index contributed by atoms with van der Waals surface area (Å²) in [4.78, 5) is 0. The fraction of sp³-hybridized carbons (Fsp3) is 0.600. The molecule has 88 valence electrons. The lowest BCUT2D eigenvalue weighted by Crippen LogP contribution is -2.43. The van der Waals surface area contributed by atoms with Crippen LogP contribution in [0.2, 0.25) is 0 Å². The van der Waals surface area contributed by atoms with Crippen LogP contribution in [-0.2, 0) is 5.60 Å². The molecule has 1 fully saturated rings. The van der Waals surface area contributed by atoms with Crippen LogP contribution in [0.3, 0.4) is 0 Å².